The van der Waals surface area contributed by atoms with Crippen LogP contribution in [-0.2, 0) is 0 Å². The van der Waals surface area contributed by atoms with Crippen LogP contribution in [0.15, 0.2) is 170 Å². The molecule has 0 aliphatic rings. The minimum Gasteiger partial charge on any atom is -0.310 e. The number of rotatable bonds is 10. The lowest BCUT2D eigenvalue weighted by molar-refractivity contribution is 1.25. The molecule has 0 aliphatic heterocycles. The highest BCUT2D eigenvalue weighted by molar-refractivity contribution is 5.82. The number of anilines is 6. The van der Waals surface area contributed by atoms with Gasteiger partial charge < -0.3 is 9.80 Å². The SMILES string of the molecule is Cc1cc(C)cc(N(c2ccccc2)c2ccc(/C=C/c3ccccc3/C=C/c3ccc(N(c4ccccc4)c4cc(C)cc(C)c4)cc3)cc2)c1. The third-order valence-electron chi connectivity index (χ3n) is 9.17. The number of hydrogen-bond acceptors (Lipinski definition) is 2. The molecular formula is C50H44N2. The van der Waals surface area contributed by atoms with Gasteiger partial charge in [-0.1, -0.05) is 121 Å². The van der Waals surface area contributed by atoms with Crippen LogP contribution in [-0.4, -0.2) is 0 Å². The molecule has 0 aliphatic carbocycles. The van der Waals surface area contributed by atoms with E-state index in [2.05, 4.69) is 232 Å². The van der Waals surface area contributed by atoms with Gasteiger partial charge in [0.1, 0.15) is 0 Å². The van der Waals surface area contributed by atoms with E-state index in [1.807, 2.05) is 0 Å². The Morgan fingerprint density at radius 2 is 0.596 bits per heavy atom. The molecule has 0 fully saturated rings. The molecule has 0 bridgehead atoms. The summed E-state index contributed by atoms with van der Waals surface area (Å²) in [5.41, 5.74) is 16.5. The highest BCUT2D eigenvalue weighted by atomic mass is 15.1. The first-order valence-corrected chi connectivity index (χ1v) is 17.9. The number of nitrogens with zero attached hydrogens (tertiary/aromatic N) is 2. The number of hydrogen-bond donors (Lipinski definition) is 0. The molecule has 0 spiro atoms. The summed E-state index contributed by atoms with van der Waals surface area (Å²) in [6.45, 7) is 8.63. The maximum Gasteiger partial charge on any atom is 0.0466 e. The predicted molar refractivity (Wildman–Crippen MR) is 225 cm³/mol. The van der Waals surface area contributed by atoms with E-state index in [1.165, 1.54) is 33.4 Å². The number of para-hydroxylation sites is 2. The van der Waals surface area contributed by atoms with Crippen molar-refractivity contribution in [3.05, 3.63) is 214 Å². The van der Waals surface area contributed by atoms with Crippen molar-refractivity contribution in [2.24, 2.45) is 0 Å². The average molecular weight is 673 g/mol. The summed E-state index contributed by atoms with van der Waals surface area (Å²) in [4.78, 5) is 4.64. The zero-order valence-electron chi connectivity index (χ0n) is 30.4. The predicted octanol–water partition coefficient (Wildman–Crippen LogP) is 14.2. The molecule has 0 aromatic heterocycles. The largest absolute Gasteiger partial charge is 0.310 e. The Hall–Kier alpha value is -6.38. The van der Waals surface area contributed by atoms with E-state index in [4.69, 9.17) is 0 Å². The molecule has 2 nitrogen and oxygen atoms in total. The quantitative estimate of drug-likeness (QED) is 0.133. The van der Waals surface area contributed by atoms with Crippen molar-refractivity contribution < 1.29 is 0 Å². The summed E-state index contributed by atoms with van der Waals surface area (Å²) < 4.78 is 0. The Labute approximate surface area is 309 Å². The summed E-state index contributed by atoms with van der Waals surface area (Å²) in [5, 5.41) is 0. The van der Waals surface area contributed by atoms with Crippen molar-refractivity contribution in [2.75, 3.05) is 9.80 Å². The Kier molecular flexibility index (Phi) is 10.3. The van der Waals surface area contributed by atoms with Crippen LogP contribution in [0, 0.1) is 27.7 Å². The van der Waals surface area contributed by atoms with Crippen LogP contribution in [0.2, 0.25) is 0 Å². The van der Waals surface area contributed by atoms with Gasteiger partial charge in [-0.05, 0) is 145 Å². The molecule has 0 unspecified atom stereocenters. The van der Waals surface area contributed by atoms with Crippen LogP contribution >= 0.6 is 0 Å². The maximum atomic E-state index is 2.32. The van der Waals surface area contributed by atoms with Crippen molar-refractivity contribution in [1.29, 1.82) is 0 Å². The summed E-state index contributed by atoms with van der Waals surface area (Å²) in [6.07, 6.45) is 8.80. The van der Waals surface area contributed by atoms with E-state index in [-0.39, 0.29) is 0 Å². The third kappa shape index (κ3) is 8.15. The lowest BCUT2D eigenvalue weighted by atomic mass is 10.0. The van der Waals surface area contributed by atoms with Gasteiger partial charge in [-0.25, -0.2) is 0 Å². The Morgan fingerprint density at radius 1 is 0.288 bits per heavy atom. The number of benzene rings is 7. The lowest BCUT2D eigenvalue weighted by Crippen LogP contribution is -2.10. The van der Waals surface area contributed by atoms with E-state index < -0.39 is 0 Å². The van der Waals surface area contributed by atoms with Crippen LogP contribution in [0.5, 0.6) is 0 Å². The van der Waals surface area contributed by atoms with Gasteiger partial charge >= 0.3 is 0 Å². The Balaban J connectivity index is 1.10. The van der Waals surface area contributed by atoms with Gasteiger partial charge in [0.05, 0.1) is 0 Å². The summed E-state index contributed by atoms with van der Waals surface area (Å²) in [6, 6.07) is 60.7. The molecule has 0 heterocycles. The first-order chi connectivity index (χ1) is 25.4. The normalized spacial score (nSPS) is 11.3. The molecule has 7 rings (SSSR count). The molecule has 0 saturated heterocycles. The van der Waals surface area contributed by atoms with Crippen LogP contribution in [0.3, 0.4) is 0 Å². The smallest absolute Gasteiger partial charge is 0.0466 e. The van der Waals surface area contributed by atoms with Crippen molar-refractivity contribution in [3.63, 3.8) is 0 Å². The lowest BCUT2D eigenvalue weighted by Gasteiger charge is -2.26. The fourth-order valence-electron chi connectivity index (χ4n) is 6.86. The highest BCUT2D eigenvalue weighted by Gasteiger charge is 2.14. The second-order valence-corrected chi connectivity index (χ2v) is 13.5. The van der Waals surface area contributed by atoms with E-state index in [1.54, 1.807) is 0 Å². The summed E-state index contributed by atoms with van der Waals surface area (Å²) in [7, 11) is 0. The minimum absolute atomic E-state index is 1.13. The van der Waals surface area contributed by atoms with Crippen LogP contribution < -0.4 is 9.80 Å². The van der Waals surface area contributed by atoms with Gasteiger partial charge in [0.25, 0.3) is 0 Å². The molecule has 254 valence electrons. The van der Waals surface area contributed by atoms with Gasteiger partial charge in [0.15, 0.2) is 0 Å². The Bertz CT molecular complexity index is 2110. The van der Waals surface area contributed by atoms with E-state index in [0.29, 0.717) is 0 Å². The van der Waals surface area contributed by atoms with Crippen molar-refractivity contribution in [1.82, 2.24) is 0 Å². The molecule has 0 atom stereocenters. The summed E-state index contributed by atoms with van der Waals surface area (Å²) in [5.74, 6) is 0. The van der Waals surface area contributed by atoms with Crippen molar-refractivity contribution in [3.8, 4) is 0 Å². The average Bonchev–Trinajstić information content (AvgIpc) is 3.15. The van der Waals surface area contributed by atoms with E-state index >= 15 is 0 Å². The van der Waals surface area contributed by atoms with Gasteiger partial charge in [0, 0.05) is 34.1 Å². The van der Waals surface area contributed by atoms with Crippen LogP contribution in [0.4, 0.5) is 34.1 Å². The van der Waals surface area contributed by atoms with Gasteiger partial charge in [-0.3, -0.25) is 0 Å². The third-order valence-corrected chi connectivity index (χ3v) is 9.17. The van der Waals surface area contributed by atoms with Crippen LogP contribution in [0.1, 0.15) is 44.5 Å². The van der Waals surface area contributed by atoms with E-state index in [9.17, 15) is 0 Å². The fourth-order valence-corrected chi connectivity index (χ4v) is 6.86. The molecular weight excluding hydrogens is 629 g/mol. The van der Waals surface area contributed by atoms with Gasteiger partial charge in [-0.2, -0.15) is 0 Å². The Morgan fingerprint density at radius 3 is 0.942 bits per heavy atom. The number of aryl methyl sites for hydroxylation is 4. The first kappa shape index (κ1) is 34.1. The zero-order chi connectivity index (χ0) is 35.9. The second-order valence-electron chi connectivity index (χ2n) is 13.5. The maximum absolute atomic E-state index is 2.32. The molecule has 7 aromatic rings. The monoisotopic (exact) mass is 672 g/mol. The minimum atomic E-state index is 1.13. The standard InChI is InChI=1S/C50H44N2/c1-37-31-38(2)34-49(33-37)51(45-15-7-5-8-16-45)47-27-21-41(22-28-47)19-25-43-13-11-12-14-44(43)26-20-42-23-29-48(30-24-42)52(46-17-9-6-10-18-46)50-35-39(3)32-40(4)36-50/h5-36H,1-4H3/b25-19+,26-20+. The molecule has 2 heteroatoms. The van der Waals surface area contributed by atoms with Crippen LogP contribution in [0.25, 0.3) is 24.3 Å². The molecule has 7 aromatic carbocycles. The molecule has 0 radical (unpaired) electrons. The first-order valence-electron chi connectivity index (χ1n) is 17.9. The highest BCUT2D eigenvalue weighted by Crippen LogP contribution is 2.37. The topological polar surface area (TPSA) is 6.48 Å². The van der Waals surface area contributed by atoms with E-state index in [0.717, 1.165) is 45.3 Å². The van der Waals surface area contributed by atoms with Gasteiger partial charge in [-0.15, -0.1) is 0 Å². The zero-order valence-corrected chi connectivity index (χ0v) is 30.4. The second kappa shape index (κ2) is 15.7. The van der Waals surface area contributed by atoms with Gasteiger partial charge in [0.2, 0.25) is 0 Å². The van der Waals surface area contributed by atoms with Crippen molar-refractivity contribution in [2.45, 2.75) is 27.7 Å². The molecule has 52 heavy (non-hydrogen) atoms. The molecule has 0 N–H and O–H groups in total. The summed E-state index contributed by atoms with van der Waals surface area (Å²) >= 11 is 0. The molecule has 0 saturated carbocycles. The fraction of sp³-hybridized carbons (Fsp3) is 0.0800. The van der Waals surface area contributed by atoms with Crippen molar-refractivity contribution >= 4 is 58.4 Å². The molecule has 0 amide bonds.